The lowest BCUT2D eigenvalue weighted by molar-refractivity contribution is 0.477. The molecule has 0 radical (unpaired) electrons. The van der Waals surface area contributed by atoms with Crippen molar-refractivity contribution >= 4 is 17.4 Å². The van der Waals surface area contributed by atoms with Crippen molar-refractivity contribution < 1.29 is 5.11 Å². The summed E-state index contributed by atoms with van der Waals surface area (Å²) in [5, 5.41) is 13.3. The Morgan fingerprint density at radius 1 is 0.875 bits per heavy atom. The van der Waals surface area contributed by atoms with Crippen molar-refractivity contribution in [2.45, 2.75) is 30.2 Å². The van der Waals surface area contributed by atoms with E-state index in [1.165, 1.54) is 20.9 Å². The van der Waals surface area contributed by atoms with Crippen molar-refractivity contribution in [2.75, 3.05) is 5.32 Å². The van der Waals surface area contributed by atoms with Crippen LogP contribution in [0.5, 0.6) is 5.75 Å². The van der Waals surface area contributed by atoms with Gasteiger partial charge in [0.15, 0.2) is 0 Å². The molecule has 3 aromatic carbocycles. The van der Waals surface area contributed by atoms with E-state index in [0.717, 1.165) is 11.3 Å². The van der Waals surface area contributed by atoms with E-state index in [2.05, 4.69) is 54.7 Å². The fourth-order valence-corrected chi connectivity index (χ4v) is 3.41. The highest BCUT2D eigenvalue weighted by molar-refractivity contribution is 7.99. The molecule has 3 rings (SSSR count). The highest BCUT2D eigenvalue weighted by Crippen LogP contribution is 2.32. The van der Waals surface area contributed by atoms with Crippen LogP contribution in [0.4, 0.5) is 5.69 Å². The summed E-state index contributed by atoms with van der Waals surface area (Å²) in [7, 11) is 0. The Kier molecular flexibility index (Phi) is 5.11. The minimum absolute atomic E-state index is 0.282. The van der Waals surface area contributed by atoms with E-state index in [4.69, 9.17) is 0 Å². The molecule has 0 heterocycles. The molecule has 0 amide bonds. The number of nitrogens with one attached hydrogen (secondary N) is 1. The average molecular weight is 335 g/mol. The zero-order valence-electron chi connectivity index (χ0n) is 13.9. The molecule has 3 aromatic rings. The Balaban J connectivity index is 1.76. The number of aryl methyl sites for hydroxylation is 2. The van der Waals surface area contributed by atoms with Gasteiger partial charge in [-0.2, -0.15) is 0 Å². The number of hydrogen-bond acceptors (Lipinski definition) is 3. The van der Waals surface area contributed by atoms with Gasteiger partial charge in [-0.1, -0.05) is 53.7 Å². The normalized spacial score (nSPS) is 10.6. The predicted octanol–water partition coefficient (Wildman–Crippen LogP) is 5.77. The van der Waals surface area contributed by atoms with Crippen molar-refractivity contribution in [1.82, 2.24) is 0 Å². The molecule has 0 aliphatic carbocycles. The standard InChI is InChI=1S/C21H21NOS/c1-15-7-10-18(11-8-15)24-21-6-4-3-5-17(21)14-22-19-13-16(2)9-12-20(19)23/h3-13,22-23H,14H2,1-2H3. The van der Waals surface area contributed by atoms with Crippen molar-refractivity contribution in [2.24, 2.45) is 0 Å². The summed E-state index contributed by atoms with van der Waals surface area (Å²) >= 11 is 1.76. The third kappa shape index (κ3) is 4.12. The molecular weight excluding hydrogens is 314 g/mol. The molecule has 0 saturated heterocycles. The molecule has 2 nitrogen and oxygen atoms in total. The van der Waals surface area contributed by atoms with Gasteiger partial charge in [-0.05, 0) is 55.3 Å². The first-order chi connectivity index (χ1) is 11.6. The van der Waals surface area contributed by atoms with Gasteiger partial charge >= 0.3 is 0 Å². The van der Waals surface area contributed by atoms with Crippen LogP contribution in [0.25, 0.3) is 0 Å². The van der Waals surface area contributed by atoms with E-state index >= 15 is 0 Å². The van der Waals surface area contributed by atoms with Crippen LogP contribution in [0.1, 0.15) is 16.7 Å². The van der Waals surface area contributed by atoms with E-state index in [0.29, 0.717) is 6.54 Å². The lowest BCUT2D eigenvalue weighted by atomic mass is 10.2. The summed E-state index contributed by atoms with van der Waals surface area (Å²) < 4.78 is 0. The molecule has 2 N–H and O–H groups in total. The molecule has 24 heavy (non-hydrogen) atoms. The Labute approximate surface area is 147 Å². The van der Waals surface area contributed by atoms with Crippen molar-refractivity contribution in [3.8, 4) is 5.75 Å². The minimum Gasteiger partial charge on any atom is -0.506 e. The number of phenols is 1. The Morgan fingerprint density at radius 3 is 2.38 bits per heavy atom. The van der Waals surface area contributed by atoms with Crippen LogP contribution in [0, 0.1) is 13.8 Å². The van der Waals surface area contributed by atoms with Gasteiger partial charge in [0.2, 0.25) is 0 Å². The number of rotatable bonds is 5. The summed E-state index contributed by atoms with van der Waals surface area (Å²) in [6.45, 7) is 4.79. The van der Waals surface area contributed by atoms with Crippen LogP contribution in [0.3, 0.4) is 0 Å². The minimum atomic E-state index is 0.282. The lowest BCUT2D eigenvalue weighted by Crippen LogP contribution is -2.01. The van der Waals surface area contributed by atoms with Gasteiger partial charge in [0.05, 0.1) is 5.69 Å². The molecule has 0 aromatic heterocycles. The third-order valence-electron chi connectivity index (χ3n) is 3.84. The maximum Gasteiger partial charge on any atom is 0.138 e. The average Bonchev–Trinajstić information content (AvgIpc) is 2.59. The zero-order chi connectivity index (χ0) is 16.9. The largest absolute Gasteiger partial charge is 0.506 e. The van der Waals surface area contributed by atoms with Crippen LogP contribution in [-0.4, -0.2) is 5.11 Å². The number of phenolic OH excluding ortho intramolecular Hbond substituents is 1. The highest BCUT2D eigenvalue weighted by Gasteiger charge is 2.06. The number of hydrogen-bond donors (Lipinski definition) is 2. The Hall–Kier alpha value is -2.39. The lowest BCUT2D eigenvalue weighted by Gasteiger charge is -2.13. The molecule has 0 spiro atoms. The molecule has 0 aliphatic heterocycles. The second-order valence-electron chi connectivity index (χ2n) is 5.90. The summed E-state index contributed by atoms with van der Waals surface area (Å²) in [5.74, 6) is 0.282. The first-order valence-corrected chi connectivity index (χ1v) is 8.79. The quantitative estimate of drug-likeness (QED) is 0.580. The zero-order valence-corrected chi connectivity index (χ0v) is 14.7. The molecule has 0 saturated carbocycles. The van der Waals surface area contributed by atoms with E-state index in [-0.39, 0.29) is 5.75 Å². The van der Waals surface area contributed by atoms with Crippen LogP contribution in [0.15, 0.2) is 76.5 Å². The third-order valence-corrected chi connectivity index (χ3v) is 4.97. The second-order valence-corrected chi connectivity index (χ2v) is 7.01. The first-order valence-electron chi connectivity index (χ1n) is 7.98. The number of anilines is 1. The molecule has 0 fully saturated rings. The SMILES string of the molecule is Cc1ccc(Sc2ccccc2CNc2cc(C)ccc2O)cc1. The summed E-state index contributed by atoms with van der Waals surface area (Å²) in [4.78, 5) is 2.45. The molecule has 0 unspecified atom stereocenters. The molecule has 0 aliphatic rings. The second kappa shape index (κ2) is 7.45. The fourth-order valence-electron chi connectivity index (χ4n) is 2.46. The maximum absolute atomic E-state index is 9.98. The van der Waals surface area contributed by atoms with Crippen molar-refractivity contribution in [3.63, 3.8) is 0 Å². The molecule has 0 bridgehead atoms. The highest BCUT2D eigenvalue weighted by atomic mass is 32.2. The molecule has 0 atom stereocenters. The smallest absolute Gasteiger partial charge is 0.138 e. The molecule has 3 heteroatoms. The van der Waals surface area contributed by atoms with E-state index < -0.39 is 0 Å². The first kappa shape index (κ1) is 16.5. The number of benzene rings is 3. The van der Waals surface area contributed by atoms with Gasteiger partial charge in [0, 0.05) is 16.3 Å². The van der Waals surface area contributed by atoms with Crippen LogP contribution in [-0.2, 0) is 6.54 Å². The van der Waals surface area contributed by atoms with Crippen molar-refractivity contribution in [1.29, 1.82) is 0 Å². The monoisotopic (exact) mass is 335 g/mol. The molecular formula is C21H21NOS. The van der Waals surface area contributed by atoms with E-state index in [1.807, 2.05) is 25.1 Å². The van der Waals surface area contributed by atoms with Crippen LogP contribution >= 0.6 is 11.8 Å². The summed E-state index contributed by atoms with van der Waals surface area (Å²) in [6, 6.07) is 22.5. The van der Waals surface area contributed by atoms with Gasteiger partial charge in [-0.25, -0.2) is 0 Å². The predicted molar refractivity (Wildman–Crippen MR) is 102 cm³/mol. The number of aromatic hydroxyl groups is 1. The van der Waals surface area contributed by atoms with Crippen molar-refractivity contribution in [3.05, 3.63) is 83.4 Å². The van der Waals surface area contributed by atoms with E-state index in [1.54, 1.807) is 17.8 Å². The summed E-state index contributed by atoms with van der Waals surface area (Å²) in [5.41, 5.74) is 4.37. The van der Waals surface area contributed by atoms with Crippen LogP contribution < -0.4 is 5.32 Å². The summed E-state index contributed by atoms with van der Waals surface area (Å²) in [6.07, 6.45) is 0. The maximum atomic E-state index is 9.98. The van der Waals surface area contributed by atoms with Gasteiger partial charge in [-0.15, -0.1) is 0 Å². The van der Waals surface area contributed by atoms with Gasteiger partial charge in [0.25, 0.3) is 0 Å². The van der Waals surface area contributed by atoms with Gasteiger partial charge < -0.3 is 10.4 Å². The van der Waals surface area contributed by atoms with E-state index in [9.17, 15) is 5.11 Å². The van der Waals surface area contributed by atoms with Gasteiger partial charge in [-0.3, -0.25) is 0 Å². The Bertz CT molecular complexity index is 827. The fraction of sp³-hybridized carbons (Fsp3) is 0.143. The van der Waals surface area contributed by atoms with Gasteiger partial charge in [0.1, 0.15) is 5.75 Å². The molecule has 122 valence electrons. The van der Waals surface area contributed by atoms with Crippen LogP contribution in [0.2, 0.25) is 0 Å². The Morgan fingerprint density at radius 2 is 1.58 bits per heavy atom. The topological polar surface area (TPSA) is 32.3 Å².